The van der Waals surface area contributed by atoms with E-state index in [0.717, 1.165) is 48.3 Å². The monoisotopic (exact) mass is 332 g/mol. The van der Waals surface area contributed by atoms with Gasteiger partial charge in [-0.05, 0) is 104 Å². The second kappa shape index (κ2) is 6.00. The molecular weight excluding hydrogens is 292 g/mol. The van der Waals surface area contributed by atoms with Crippen LogP contribution in [0.15, 0.2) is 0 Å². The lowest BCUT2D eigenvalue weighted by Crippen LogP contribution is -2.54. The summed E-state index contributed by atoms with van der Waals surface area (Å²) in [5, 5.41) is 10.2. The molecule has 0 spiro atoms. The van der Waals surface area contributed by atoms with Gasteiger partial charge in [-0.1, -0.05) is 34.1 Å². The molecule has 0 aromatic rings. The summed E-state index contributed by atoms with van der Waals surface area (Å²) in [7, 11) is 0. The summed E-state index contributed by atoms with van der Waals surface area (Å²) in [6.45, 7) is 10.2. The summed E-state index contributed by atoms with van der Waals surface area (Å²) >= 11 is 0. The van der Waals surface area contributed by atoms with Crippen LogP contribution in [0.3, 0.4) is 0 Å². The van der Waals surface area contributed by atoms with Gasteiger partial charge in [0.25, 0.3) is 0 Å². The number of aliphatic hydroxyl groups is 1. The Hall–Kier alpha value is -0.0400. The molecule has 0 saturated heterocycles. The molecule has 1 N–H and O–H groups in total. The summed E-state index contributed by atoms with van der Waals surface area (Å²) in [6.07, 6.45) is 13.6. The van der Waals surface area contributed by atoms with Gasteiger partial charge >= 0.3 is 0 Å². The zero-order chi connectivity index (χ0) is 17.1. The zero-order valence-corrected chi connectivity index (χ0v) is 16.6. The standard InChI is InChI=1S/C23H40O/c1-5-15(2)19-8-9-20-18-7-6-16-14-17(24)10-12-22(16,3)21(18)11-13-23(19,20)4/h15-21,24H,5-14H2,1-4H3/t15-,16?,17-,18+,19-,20+,21+,22+,23-/m1/s1. The molecule has 138 valence electrons. The maximum Gasteiger partial charge on any atom is 0.0543 e. The first-order valence-electron chi connectivity index (χ1n) is 11.1. The first-order valence-corrected chi connectivity index (χ1v) is 11.1. The highest BCUT2D eigenvalue weighted by atomic mass is 16.3. The van der Waals surface area contributed by atoms with Crippen molar-refractivity contribution in [3.8, 4) is 0 Å². The van der Waals surface area contributed by atoms with E-state index in [0.29, 0.717) is 10.8 Å². The lowest BCUT2D eigenvalue weighted by molar-refractivity contribution is -0.129. The largest absolute Gasteiger partial charge is 0.393 e. The molecule has 4 rings (SSSR count). The highest BCUT2D eigenvalue weighted by molar-refractivity contribution is 5.09. The maximum atomic E-state index is 10.2. The fourth-order valence-electron chi connectivity index (χ4n) is 8.50. The first kappa shape index (κ1) is 17.4. The summed E-state index contributed by atoms with van der Waals surface area (Å²) in [4.78, 5) is 0. The van der Waals surface area contributed by atoms with E-state index >= 15 is 0 Å². The minimum absolute atomic E-state index is 0.00486. The number of fused-ring (bicyclic) bond motifs is 5. The lowest BCUT2D eigenvalue weighted by Gasteiger charge is -2.61. The molecule has 9 atom stereocenters. The van der Waals surface area contributed by atoms with Crippen LogP contribution in [0.25, 0.3) is 0 Å². The lowest BCUT2D eigenvalue weighted by atomic mass is 9.44. The van der Waals surface area contributed by atoms with E-state index in [-0.39, 0.29) is 6.10 Å². The average molecular weight is 333 g/mol. The molecule has 4 saturated carbocycles. The molecule has 4 aliphatic rings. The molecule has 0 amide bonds. The highest BCUT2D eigenvalue weighted by Gasteiger charge is 2.60. The van der Waals surface area contributed by atoms with E-state index in [2.05, 4.69) is 27.7 Å². The van der Waals surface area contributed by atoms with E-state index < -0.39 is 0 Å². The quantitative estimate of drug-likeness (QED) is 0.652. The number of hydrogen-bond donors (Lipinski definition) is 1. The Labute approximate surface area is 150 Å². The summed E-state index contributed by atoms with van der Waals surface area (Å²) in [5.41, 5.74) is 1.17. The normalized spacial score (nSPS) is 55.4. The van der Waals surface area contributed by atoms with Crippen LogP contribution in [0.2, 0.25) is 0 Å². The Kier molecular flexibility index (Phi) is 4.34. The Morgan fingerprint density at radius 1 is 0.917 bits per heavy atom. The fraction of sp³-hybridized carbons (Fsp3) is 1.00. The van der Waals surface area contributed by atoms with Crippen LogP contribution in [0.1, 0.15) is 91.9 Å². The SMILES string of the molecule is CC[C@@H](C)[C@H]1CC[C@H]2[C@@H]3CCC4C[C@H](O)CC[C@]4(C)[C@H]3CC[C@]12C. The van der Waals surface area contributed by atoms with E-state index in [4.69, 9.17) is 0 Å². The summed E-state index contributed by atoms with van der Waals surface area (Å²) < 4.78 is 0. The van der Waals surface area contributed by atoms with Gasteiger partial charge in [0.15, 0.2) is 0 Å². The topological polar surface area (TPSA) is 20.2 Å². The Bertz CT molecular complexity index is 473. The molecule has 0 aromatic heterocycles. The Morgan fingerprint density at radius 3 is 2.38 bits per heavy atom. The van der Waals surface area contributed by atoms with Crippen molar-refractivity contribution in [1.29, 1.82) is 0 Å². The highest BCUT2D eigenvalue weighted by Crippen LogP contribution is 2.68. The van der Waals surface area contributed by atoms with Gasteiger partial charge in [0, 0.05) is 0 Å². The van der Waals surface area contributed by atoms with Crippen LogP contribution in [-0.2, 0) is 0 Å². The van der Waals surface area contributed by atoms with Gasteiger partial charge < -0.3 is 5.11 Å². The van der Waals surface area contributed by atoms with Gasteiger partial charge in [0.05, 0.1) is 6.10 Å². The van der Waals surface area contributed by atoms with Crippen molar-refractivity contribution < 1.29 is 5.11 Å². The third-order valence-corrected chi connectivity index (χ3v) is 10.0. The minimum Gasteiger partial charge on any atom is -0.393 e. The van der Waals surface area contributed by atoms with Gasteiger partial charge in [-0.25, -0.2) is 0 Å². The number of rotatable bonds is 2. The van der Waals surface area contributed by atoms with Crippen LogP contribution < -0.4 is 0 Å². The molecule has 4 aliphatic carbocycles. The van der Waals surface area contributed by atoms with Gasteiger partial charge in [0.2, 0.25) is 0 Å². The third kappa shape index (κ3) is 2.36. The molecule has 0 aliphatic heterocycles. The average Bonchev–Trinajstić information content (AvgIpc) is 2.92. The molecule has 4 fully saturated rings. The van der Waals surface area contributed by atoms with Crippen molar-refractivity contribution in [3.05, 3.63) is 0 Å². The van der Waals surface area contributed by atoms with Crippen LogP contribution in [0.5, 0.6) is 0 Å². The van der Waals surface area contributed by atoms with Gasteiger partial charge in [-0.15, -0.1) is 0 Å². The van der Waals surface area contributed by atoms with Crippen molar-refractivity contribution in [2.24, 2.45) is 46.3 Å². The van der Waals surface area contributed by atoms with Gasteiger partial charge in [-0.3, -0.25) is 0 Å². The molecule has 1 heteroatoms. The van der Waals surface area contributed by atoms with E-state index in [1.807, 2.05) is 0 Å². The van der Waals surface area contributed by atoms with Crippen molar-refractivity contribution in [3.63, 3.8) is 0 Å². The molecule has 0 radical (unpaired) electrons. The van der Waals surface area contributed by atoms with Crippen molar-refractivity contribution in [1.82, 2.24) is 0 Å². The second-order valence-corrected chi connectivity index (χ2v) is 10.7. The molecule has 1 unspecified atom stereocenters. The summed E-state index contributed by atoms with van der Waals surface area (Å²) in [5.74, 6) is 5.64. The smallest absolute Gasteiger partial charge is 0.0543 e. The molecule has 0 heterocycles. The fourth-order valence-corrected chi connectivity index (χ4v) is 8.50. The molecule has 24 heavy (non-hydrogen) atoms. The zero-order valence-electron chi connectivity index (χ0n) is 16.6. The van der Waals surface area contributed by atoms with Gasteiger partial charge in [0.1, 0.15) is 0 Å². The predicted molar refractivity (Wildman–Crippen MR) is 101 cm³/mol. The molecular formula is C23H40O. The Morgan fingerprint density at radius 2 is 1.62 bits per heavy atom. The third-order valence-electron chi connectivity index (χ3n) is 10.0. The van der Waals surface area contributed by atoms with E-state index in [1.165, 1.54) is 51.4 Å². The predicted octanol–water partition coefficient (Wildman–Crippen LogP) is 6.05. The molecule has 1 nitrogen and oxygen atoms in total. The number of hydrogen-bond acceptors (Lipinski definition) is 1. The van der Waals surface area contributed by atoms with Crippen molar-refractivity contribution in [2.75, 3.05) is 0 Å². The Balaban J connectivity index is 1.59. The van der Waals surface area contributed by atoms with Crippen LogP contribution in [0.4, 0.5) is 0 Å². The first-order chi connectivity index (χ1) is 11.4. The van der Waals surface area contributed by atoms with Crippen LogP contribution in [-0.4, -0.2) is 11.2 Å². The summed E-state index contributed by atoms with van der Waals surface area (Å²) in [6, 6.07) is 0. The molecule has 0 aromatic carbocycles. The van der Waals surface area contributed by atoms with E-state index in [1.54, 1.807) is 0 Å². The van der Waals surface area contributed by atoms with Crippen molar-refractivity contribution in [2.45, 2.75) is 98.0 Å². The maximum absolute atomic E-state index is 10.2. The molecule has 0 bridgehead atoms. The van der Waals surface area contributed by atoms with Gasteiger partial charge in [-0.2, -0.15) is 0 Å². The van der Waals surface area contributed by atoms with Crippen LogP contribution >= 0.6 is 0 Å². The second-order valence-electron chi connectivity index (χ2n) is 10.7. The van der Waals surface area contributed by atoms with Crippen molar-refractivity contribution >= 4 is 0 Å². The van der Waals surface area contributed by atoms with E-state index in [9.17, 15) is 5.11 Å². The minimum atomic E-state index is -0.00486. The van der Waals surface area contributed by atoms with Crippen LogP contribution in [0, 0.1) is 46.3 Å². The number of aliphatic hydroxyl groups excluding tert-OH is 1.